The number of aromatic nitrogens is 5. The van der Waals surface area contributed by atoms with Crippen LogP contribution in [0.3, 0.4) is 0 Å². The zero-order valence-corrected chi connectivity index (χ0v) is 13.3. The van der Waals surface area contributed by atoms with Crippen molar-refractivity contribution in [2.24, 2.45) is 5.92 Å². The Bertz CT molecular complexity index is 847. The number of nitrogens with one attached hydrogen (secondary N) is 1. The third kappa shape index (κ3) is 2.46. The maximum atomic E-state index is 4.38. The lowest BCUT2D eigenvalue weighted by molar-refractivity contribution is 0.424. The van der Waals surface area contributed by atoms with Gasteiger partial charge in [-0.25, -0.2) is 0 Å². The molecule has 0 radical (unpaired) electrons. The first-order valence-corrected chi connectivity index (χ1v) is 8.49. The molecule has 1 aliphatic heterocycles. The fourth-order valence-corrected chi connectivity index (χ4v) is 3.18. The third-order valence-electron chi connectivity index (χ3n) is 4.81. The maximum absolute atomic E-state index is 4.38. The van der Waals surface area contributed by atoms with Gasteiger partial charge in [0, 0.05) is 37.7 Å². The molecule has 0 bridgehead atoms. The summed E-state index contributed by atoms with van der Waals surface area (Å²) < 4.78 is 1.97. The van der Waals surface area contributed by atoms with E-state index >= 15 is 0 Å². The molecule has 122 valence electrons. The van der Waals surface area contributed by atoms with Crippen LogP contribution in [0.25, 0.3) is 5.65 Å². The molecular formula is C17H19N7. The van der Waals surface area contributed by atoms with Crippen LogP contribution in [0, 0.1) is 5.92 Å². The lowest BCUT2D eigenvalue weighted by Gasteiger charge is -2.39. The molecule has 0 spiro atoms. The predicted molar refractivity (Wildman–Crippen MR) is 91.2 cm³/mol. The zero-order valence-electron chi connectivity index (χ0n) is 13.3. The molecule has 0 aromatic carbocycles. The summed E-state index contributed by atoms with van der Waals surface area (Å²) in [5.41, 5.74) is 2.01. The largest absolute Gasteiger partial charge is 0.354 e. The van der Waals surface area contributed by atoms with Gasteiger partial charge in [0.25, 0.3) is 0 Å². The molecule has 1 N–H and O–H groups in total. The Morgan fingerprint density at radius 1 is 1.00 bits per heavy atom. The van der Waals surface area contributed by atoms with Crippen molar-refractivity contribution in [2.75, 3.05) is 29.9 Å². The van der Waals surface area contributed by atoms with Crippen molar-refractivity contribution >= 4 is 17.4 Å². The first kappa shape index (κ1) is 13.7. The van der Waals surface area contributed by atoms with Crippen LogP contribution in [-0.4, -0.2) is 44.4 Å². The second-order valence-corrected chi connectivity index (χ2v) is 6.70. The molecule has 7 heteroatoms. The minimum Gasteiger partial charge on any atom is -0.354 e. The summed E-state index contributed by atoms with van der Waals surface area (Å²) in [5.74, 6) is 3.05. The second kappa shape index (κ2) is 5.43. The quantitative estimate of drug-likeness (QED) is 0.774. The zero-order chi connectivity index (χ0) is 15.9. The summed E-state index contributed by atoms with van der Waals surface area (Å²) in [6.07, 6.45) is 4.51. The van der Waals surface area contributed by atoms with E-state index in [4.69, 9.17) is 0 Å². The normalized spacial score (nSPS) is 17.9. The van der Waals surface area contributed by atoms with Crippen LogP contribution in [0.15, 0.2) is 36.5 Å². The van der Waals surface area contributed by atoms with Gasteiger partial charge in [-0.1, -0.05) is 6.07 Å². The van der Waals surface area contributed by atoms with Crippen LogP contribution >= 0.6 is 0 Å². The van der Waals surface area contributed by atoms with Crippen molar-refractivity contribution in [3.63, 3.8) is 0 Å². The molecule has 3 aromatic rings. The van der Waals surface area contributed by atoms with Crippen molar-refractivity contribution in [1.82, 2.24) is 24.8 Å². The molecule has 5 rings (SSSR count). The van der Waals surface area contributed by atoms with Crippen LogP contribution in [-0.2, 0) is 0 Å². The highest BCUT2D eigenvalue weighted by Crippen LogP contribution is 2.38. The molecule has 1 saturated heterocycles. The molecule has 1 saturated carbocycles. The van der Waals surface area contributed by atoms with Gasteiger partial charge in [0.15, 0.2) is 11.5 Å². The molecule has 1 aliphatic carbocycles. The van der Waals surface area contributed by atoms with Gasteiger partial charge in [-0.3, -0.25) is 4.40 Å². The van der Waals surface area contributed by atoms with E-state index in [-0.39, 0.29) is 0 Å². The summed E-state index contributed by atoms with van der Waals surface area (Å²) in [5, 5.41) is 20.5. The Balaban J connectivity index is 1.16. The summed E-state index contributed by atoms with van der Waals surface area (Å²) in [7, 11) is 0. The predicted octanol–water partition coefficient (Wildman–Crippen LogP) is 1.94. The molecule has 24 heavy (non-hydrogen) atoms. The van der Waals surface area contributed by atoms with E-state index in [0.29, 0.717) is 11.8 Å². The number of hydrogen-bond donors (Lipinski definition) is 1. The smallest absolute Gasteiger partial charge is 0.229 e. The highest BCUT2D eigenvalue weighted by molar-refractivity contribution is 5.45. The van der Waals surface area contributed by atoms with Gasteiger partial charge >= 0.3 is 0 Å². The molecule has 2 fully saturated rings. The molecule has 0 unspecified atom stereocenters. The number of nitrogens with zero attached hydrogens (tertiary/aromatic N) is 6. The molecule has 2 aliphatic rings. The number of hydrogen-bond acceptors (Lipinski definition) is 6. The van der Waals surface area contributed by atoms with Crippen LogP contribution < -0.4 is 10.2 Å². The Morgan fingerprint density at radius 2 is 1.92 bits per heavy atom. The average molecular weight is 321 g/mol. The van der Waals surface area contributed by atoms with Crippen molar-refractivity contribution in [1.29, 1.82) is 0 Å². The van der Waals surface area contributed by atoms with Crippen molar-refractivity contribution in [3.05, 3.63) is 42.2 Å². The average Bonchev–Trinajstić information content (AvgIpc) is 3.35. The summed E-state index contributed by atoms with van der Waals surface area (Å²) in [6, 6.07) is 10.1. The van der Waals surface area contributed by atoms with E-state index in [1.54, 1.807) is 0 Å². The van der Waals surface area contributed by atoms with Gasteiger partial charge in [0.2, 0.25) is 5.95 Å². The highest BCUT2D eigenvalue weighted by Gasteiger charge is 2.29. The lowest BCUT2D eigenvalue weighted by atomic mass is 10.0. The van der Waals surface area contributed by atoms with Crippen LogP contribution in [0.2, 0.25) is 0 Å². The molecule has 3 aromatic heterocycles. The molecule has 4 heterocycles. The summed E-state index contributed by atoms with van der Waals surface area (Å²) in [6.45, 7) is 2.89. The van der Waals surface area contributed by atoms with Crippen molar-refractivity contribution in [3.8, 4) is 0 Å². The van der Waals surface area contributed by atoms with Gasteiger partial charge < -0.3 is 10.2 Å². The van der Waals surface area contributed by atoms with Gasteiger partial charge in [-0.2, -0.15) is 5.10 Å². The SMILES string of the molecule is c1ccn2c(NCC3CN(c4ccc(C5CC5)nn4)C3)nnc2c1. The fraction of sp³-hybridized carbons (Fsp3) is 0.412. The standard InChI is InChI=1S/C17H19N7/c1-2-8-24-16(3-1)21-22-17(24)18-9-12-10-23(11-12)15-7-6-14(19-20-15)13-4-5-13/h1-3,6-8,12-13H,4-5,9-11H2,(H,18,22). The minimum atomic E-state index is 0.589. The number of fused-ring (bicyclic) bond motifs is 1. The first-order chi connectivity index (χ1) is 11.9. The van der Waals surface area contributed by atoms with Gasteiger partial charge in [-0.15, -0.1) is 15.3 Å². The lowest BCUT2D eigenvalue weighted by Crippen LogP contribution is -2.50. The van der Waals surface area contributed by atoms with Crippen LogP contribution in [0.5, 0.6) is 0 Å². The van der Waals surface area contributed by atoms with Crippen LogP contribution in [0.1, 0.15) is 24.5 Å². The Hall–Kier alpha value is -2.70. The molecule has 7 nitrogen and oxygen atoms in total. The number of anilines is 2. The second-order valence-electron chi connectivity index (χ2n) is 6.70. The van der Waals surface area contributed by atoms with Crippen molar-refractivity contribution in [2.45, 2.75) is 18.8 Å². The van der Waals surface area contributed by atoms with Gasteiger partial charge in [0.05, 0.1) is 5.69 Å². The van der Waals surface area contributed by atoms with E-state index < -0.39 is 0 Å². The number of rotatable bonds is 5. The van der Waals surface area contributed by atoms with Crippen molar-refractivity contribution < 1.29 is 0 Å². The molecular weight excluding hydrogens is 302 g/mol. The van der Waals surface area contributed by atoms with E-state index in [1.165, 1.54) is 12.8 Å². The van der Waals surface area contributed by atoms with E-state index in [0.717, 1.165) is 42.7 Å². The topological polar surface area (TPSA) is 71.2 Å². The van der Waals surface area contributed by atoms with Crippen LogP contribution in [0.4, 0.5) is 11.8 Å². The Labute approximate surface area is 139 Å². The summed E-state index contributed by atoms with van der Waals surface area (Å²) >= 11 is 0. The Kier molecular flexibility index (Phi) is 3.11. The fourth-order valence-electron chi connectivity index (χ4n) is 3.18. The van der Waals surface area contributed by atoms with E-state index in [1.807, 2.05) is 28.8 Å². The molecule has 0 atom stereocenters. The maximum Gasteiger partial charge on any atom is 0.229 e. The Morgan fingerprint density at radius 3 is 2.71 bits per heavy atom. The number of pyridine rings is 1. The van der Waals surface area contributed by atoms with Gasteiger partial charge in [-0.05, 0) is 37.1 Å². The van der Waals surface area contributed by atoms with Gasteiger partial charge in [0.1, 0.15) is 0 Å². The monoisotopic (exact) mass is 321 g/mol. The van der Waals surface area contributed by atoms with E-state index in [2.05, 4.69) is 42.7 Å². The third-order valence-corrected chi connectivity index (χ3v) is 4.81. The minimum absolute atomic E-state index is 0.589. The first-order valence-electron chi connectivity index (χ1n) is 8.49. The molecule has 0 amide bonds. The highest BCUT2D eigenvalue weighted by atomic mass is 15.3. The summed E-state index contributed by atoms with van der Waals surface area (Å²) in [4.78, 5) is 2.28. The van der Waals surface area contributed by atoms with E-state index in [9.17, 15) is 0 Å².